The van der Waals surface area contributed by atoms with Crippen LogP contribution in [0.2, 0.25) is 0 Å². The topological polar surface area (TPSA) is 108 Å². The number of aliphatic carboxylic acids is 2. The fraction of sp³-hybridized carbons (Fsp3) is 0.579. The number of carboxylic acid groups (broad SMARTS) is 2. The third-order valence-electron chi connectivity index (χ3n) is 3.76. The van der Waals surface area contributed by atoms with Crippen molar-refractivity contribution in [1.29, 1.82) is 0 Å². The lowest BCUT2D eigenvalue weighted by atomic mass is 10.2. The summed E-state index contributed by atoms with van der Waals surface area (Å²) < 4.78 is 10.9. The number of methoxy groups -OCH3 is 1. The average molecular weight is 384 g/mol. The Morgan fingerprint density at radius 2 is 1.70 bits per heavy atom. The maximum atomic E-state index is 9.10. The van der Waals surface area contributed by atoms with Crippen molar-refractivity contribution < 1.29 is 29.3 Å². The van der Waals surface area contributed by atoms with Crippen LogP contribution in [0, 0.1) is 0 Å². The van der Waals surface area contributed by atoms with Gasteiger partial charge in [-0.3, -0.25) is 0 Å². The summed E-state index contributed by atoms with van der Waals surface area (Å²) in [6.45, 7) is 12.4. The third kappa shape index (κ3) is 11.1. The summed E-state index contributed by atoms with van der Waals surface area (Å²) in [6.07, 6.45) is 1.18. The van der Waals surface area contributed by atoms with Crippen molar-refractivity contribution in [2.75, 3.05) is 39.9 Å². The molecule has 8 heteroatoms. The van der Waals surface area contributed by atoms with Crippen LogP contribution in [0.15, 0.2) is 18.2 Å². The Morgan fingerprint density at radius 3 is 2.19 bits per heavy atom. The molecule has 0 aliphatic carbocycles. The molecule has 8 nitrogen and oxygen atoms in total. The van der Waals surface area contributed by atoms with Crippen LogP contribution in [0.5, 0.6) is 11.5 Å². The molecule has 0 bridgehead atoms. The summed E-state index contributed by atoms with van der Waals surface area (Å²) in [4.78, 5) is 20.6. The molecule has 0 radical (unpaired) electrons. The predicted octanol–water partition coefficient (Wildman–Crippen LogP) is 2.07. The van der Waals surface area contributed by atoms with E-state index < -0.39 is 11.9 Å². The molecule has 1 rings (SSSR count). The van der Waals surface area contributed by atoms with Gasteiger partial charge < -0.3 is 29.9 Å². The molecular weight excluding hydrogens is 352 g/mol. The maximum Gasteiger partial charge on any atom is 0.414 e. The Hall–Kier alpha value is -2.32. The van der Waals surface area contributed by atoms with Gasteiger partial charge in [0.2, 0.25) is 0 Å². The van der Waals surface area contributed by atoms with Crippen molar-refractivity contribution in [2.45, 2.75) is 33.7 Å². The lowest BCUT2D eigenvalue weighted by Gasteiger charge is -2.17. The number of benzene rings is 1. The van der Waals surface area contributed by atoms with Gasteiger partial charge in [0.1, 0.15) is 0 Å². The van der Waals surface area contributed by atoms with Crippen molar-refractivity contribution in [1.82, 2.24) is 10.2 Å². The van der Waals surface area contributed by atoms with E-state index >= 15 is 0 Å². The van der Waals surface area contributed by atoms with Gasteiger partial charge in [-0.15, -0.1) is 0 Å². The maximum absolute atomic E-state index is 9.10. The molecule has 0 spiro atoms. The van der Waals surface area contributed by atoms with Crippen molar-refractivity contribution in [3.05, 3.63) is 23.8 Å². The molecule has 3 N–H and O–H groups in total. The number of rotatable bonds is 11. The molecule has 0 aliphatic heterocycles. The highest BCUT2D eigenvalue weighted by Crippen LogP contribution is 2.27. The Labute approximate surface area is 161 Å². The first-order valence-corrected chi connectivity index (χ1v) is 9.08. The highest BCUT2D eigenvalue weighted by Gasteiger charge is 2.05. The first-order chi connectivity index (χ1) is 12.9. The Morgan fingerprint density at radius 1 is 1.07 bits per heavy atom. The summed E-state index contributed by atoms with van der Waals surface area (Å²) in [5.74, 6) is -2.03. The lowest BCUT2D eigenvalue weighted by Crippen LogP contribution is -2.27. The fourth-order valence-corrected chi connectivity index (χ4v) is 2.30. The number of carboxylic acids is 2. The van der Waals surface area contributed by atoms with Gasteiger partial charge in [0.25, 0.3) is 0 Å². The molecule has 1 aromatic carbocycles. The monoisotopic (exact) mass is 384 g/mol. The first-order valence-electron chi connectivity index (χ1n) is 9.08. The zero-order chi connectivity index (χ0) is 20.7. The number of carbonyl (C=O) groups is 2. The molecule has 154 valence electrons. The highest BCUT2D eigenvalue weighted by molar-refractivity contribution is 6.27. The van der Waals surface area contributed by atoms with E-state index in [1.807, 2.05) is 13.0 Å². The Balaban J connectivity index is 0.000000972. The SMILES string of the molecule is CCOc1cc(CNCCCN(CC)CC)ccc1OC.O=C(O)C(=O)O. The van der Waals surface area contributed by atoms with Gasteiger partial charge >= 0.3 is 11.9 Å². The van der Waals surface area contributed by atoms with Crippen LogP contribution in [0.1, 0.15) is 32.8 Å². The standard InChI is InChI=1S/C17H30N2O2.C2H2O4/c1-5-19(6-2)12-8-11-18-14-15-9-10-16(20-4)17(13-15)21-7-3;3-1(4)2(5)6/h9-10,13,18H,5-8,11-12,14H2,1-4H3;(H,3,4)(H,5,6). The summed E-state index contributed by atoms with van der Waals surface area (Å²) in [7, 11) is 1.67. The molecule has 0 unspecified atom stereocenters. The largest absolute Gasteiger partial charge is 0.493 e. The van der Waals surface area contributed by atoms with E-state index in [1.165, 1.54) is 12.0 Å². The molecule has 0 amide bonds. The van der Waals surface area contributed by atoms with Crippen LogP contribution in [0.25, 0.3) is 0 Å². The van der Waals surface area contributed by atoms with Gasteiger partial charge in [-0.25, -0.2) is 9.59 Å². The Bertz CT molecular complexity index is 549. The van der Waals surface area contributed by atoms with Crippen LogP contribution in [0.3, 0.4) is 0 Å². The second-order valence-corrected chi connectivity index (χ2v) is 5.59. The van der Waals surface area contributed by atoms with E-state index in [2.05, 4.69) is 36.2 Å². The lowest BCUT2D eigenvalue weighted by molar-refractivity contribution is -0.159. The van der Waals surface area contributed by atoms with Crippen LogP contribution >= 0.6 is 0 Å². The Kier molecular flexibility index (Phi) is 13.5. The number of ether oxygens (including phenoxy) is 2. The van der Waals surface area contributed by atoms with Crippen molar-refractivity contribution >= 4 is 11.9 Å². The zero-order valence-corrected chi connectivity index (χ0v) is 16.7. The van der Waals surface area contributed by atoms with Crippen molar-refractivity contribution in [3.8, 4) is 11.5 Å². The van der Waals surface area contributed by atoms with E-state index in [4.69, 9.17) is 29.3 Å². The van der Waals surface area contributed by atoms with Crippen molar-refractivity contribution in [2.24, 2.45) is 0 Å². The molecule has 0 heterocycles. The van der Waals surface area contributed by atoms with Gasteiger partial charge in [0.05, 0.1) is 13.7 Å². The predicted molar refractivity (Wildman–Crippen MR) is 104 cm³/mol. The molecule has 27 heavy (non-hydrogen) atoms. The summed E-state index contributed by atoms with van der Waals surface area (Å²) in [5, 5.41) is 18.3. The third-order valence-corrected chi connectivity index (χ3v) is 3.76. The van der Waals surface area contributed by atoms with Gasteiger partial charge in [-0.1, -0.05) is 19.9 Å². The molecule has 0 saturated carbocycles. The molecule has 0 atom stereocenters. The molecule has 0 fully saturated rings. The van der Waals surface area contributed by atoms with Crippen LogP contribution < -0.4 is 14.8 Å². The van der Waals surface area contributed by atoms with Crippen LogP contribution in [-0.4, -0.2) is 66.9 Å². The van der Waals surface area contributed by atoms with E-state index in [9.17, 15) is 0 Å². The van der Waals surface area contributed by atoms with E-state index in [0.717, 1.165) is 44.2 Å². The summed E-state index contributed by atoms with van der Waals surface area (Å²) in [5.41, 5.74) is 1.22. The van der Waals surface area contributed by atoms with Gasteiger partial charge in [-0.05, 0) is 57.2 Å². The molecular formula is C19H32N2O6. The fourth-order valence-electron chi connectivity index (χ4n) is 2.30. The number of hydrogen-bond donors (Lipinski definition) is 3. The summed E-state index contributed by atoms with van der Waals surface area (Å²) >= 11 is 0. The second kappa shape index (κ2) is 14.8. The molecule has 0 aliphatic rings. The highest BCUT2D eigenvalue weighted by atomic mass is 16.5. The van der Waals surface area contributed by atoms with E-state index in [-0.39, 0.29) is 0 Å². The molecule has 1 aromatic rings. The van der Waals surface area contributed by atoms with Crippen LogP contribution in [-0.2, 0) is 16.1 Å². The second-order valence-electron chi connectivity index (χ2n) is 5.59. The number of hydrogen-bond acceptors (Lipinski definition) is 6. The molecule has 0 aromatic heterocycles. The quantitative estimate of drug-likeness (QED) is 0.393. The normalized spacial score (nSPS) is 10.1. The van der Waals surface area contributed by atoms with Crippen LogP contribution in [0.4, 0.5) is 0 Å². The number of nitrogens with zero attached hydrogens (tertiary/aromatic N) is 1. The number of nitrogens with one attached hydrogen (secondary N) is 1. The first kappa shape index (κ1) is 24.7. The smallest absolute Gasteiger partial charge is 0.414 e. The van der Waals surface area contributed by atoms with E-state index in [1.54, 1.807) is 7.11 Å². The van der Waals surface area contributed by atoms with Crippen molar-refractivity contribution in [3.63, 3.8) is 0 Å². The zero-order valence-electron chi connectivity index (χ0n) is 16.7. The average Bonchev–Trinajstić information content (AvgIpc) is 2.65. The van der Waals surface area contributed by atoms with Gasteiger partial charge in [-0.2, -0.15) is 0 Å². The van der Waals surface area contributed by atoms with Gasteiger partial charge in [0, 0.05) is 6.54 Å². The minimum Gasteiger partial charge on any atom is -0.493 e. The minimum absolute atomic E-state index is 0.650. The van der Waals surface area contributed by atoms with Gasteiger partial charge in [0.15, 0.2) is 11.5 Å². The summed E-state index contributed by atoms with van der Waals surface area (Å²) in [6, 6.07) is 6.11. The minimum atomic E-state index is -1.82. The van der Waals surface area contributed by atoms with E-state index in [0.29, 0.717) is 6.61 Å². The molecule has 0 saturated heterocycles.